The summed E-state index contributed by atoms with van der Waals surface area (Å²) in [5.74, 6) is -0.833. The second kappa shape index (κ2) is 8.31. The summed E-state index contributed by atoms with van der Waals surface area (Å²) in [5, 5.41) is 7.03. The fourth-order valence-corrected chi connectivity index (χ4v) is 2.72. The Labute approximate surface area is 157 Å². The minimum absolute atomic E-state index is 0.0590. The van der Waals surface area contributed by atoms with E-state index in [-0.39, 0.29) is 18.9 Å². The smallest absolute Gasteiger partial charge is 0.310 e. The molecular formula is C21H21N3O3. The molecule has 138 valence electrons. The van der Waals surface area contributed by atoms with Crippen molar-refractivity contribution in [3.8, 4) is 5.69 Å². The van der Waals surface area contributed by atoms with Gasteiger partial charge in [-0.25, -0.2) is 4.68 Å². The molecule has 6 nitrogen and oxygen atoms in total. The lowest BCUT2D eigenvalue weighted by molar-refractivity contribution is -0.146. The van der Waals surface area contributed by atoms with Gasteiger partial charge in [-0.3, -0.25) is 9.59 Å². The first-order valence-electron chi connectivity index (χ1n) is 8.63. The Kier molecular flexibility index (Phi) is 5.66. The molecule has 6 heteroatoms. The molecule has 0 spiro atoms. The molecule has 0 saturated carbocycles. The van der Waals surface area contributed by atoms with E-state index in [0.29, 0.717) is 0 Å². The van der Waals surface area contributed by atoms with Gasteiger partial charge in [-0.15, -0.1) is 0 Å². The number of para-hydroxylation sites is 2. The van der Waals surface area contributed by atoms with Crippen LogP contribution in [0.4, 0.5) is 5.69 Å². The lowest BCUT2D eigenvalue weighted by Crippen LogP contribution is -2.22. The normalized spacial score (nSPS) is 10.4. The van der Waals surface area contributed by atoms with Crippen LogP contribution in [-0.2, 0) is 20.7 Å². The van der Waals surface area contributed by atoms with Crippen molar-refractivity contribution < 1.29 is 14.3 Å². The molecule has 0 radical (unpaired) electrons. The van der Waals surface area contributed by atoms with Gasteiger partial charge in [-0.2, -0.15) is 5.10 Å². The van der Waals surface area contributed by atoms with Crippen LogP contribution in [0.3, 0.4) is 0 Å². The molecule has 1 N–H and O–H groups in total. The molecule has 0 aliphatic heterocycles. The quantitative estimate of drug-likeness (QED) is 0.683. The van der Waals surface area contributed by atoms with Gasteiger partial charge in [0.25, 0.3) is 5.91 Å². The van der Waals surface area contributed by atoms with E-state index in [1.165, 1.54) is 0 Å². The van der Waals surface area contributed by atoms with E-state index in [4.69, 9.17) is 4.74 Å². The first-order chi connectivity index (χ1) is 13.0. The first kappa shape index (κ1) is 18.4. The number of carbonyl (C=O) groups excluding carboxylic acids is 2. The topological polar surface area (TPSA) is 73.2 Å². The number of esters is 1. The minimum atomic E-state index is -0.473. The van der Waals surface area contributed by atoms with Gasteiger partial charge in [-0.1, -0.05) is 36.4 Å². The van der Waals surface area contributed by atoms with Crippen LogP contribution in [0.5, 0.6) is 0 Å². The summed E-state index contributed by atoms with van der Waals surface area (Å²) >= 11 is 0. The third-order valence-corrected chi connectivity index (χ3v) is 4.12. The predicted octanol–water partition coefficient (Wildman–Crippen LogP) is 3.21. The second-order valence-electron chi connectivity index (χ2n) is 6.28. The lowest BCUT2D eigenvalue weighted by atomic mass is 10.1. The van der Waals surface area contributed by atoms with Gasteiger partial charge in [-0.05, 0) is 37.1 Å². The number of nitrogens with zero attached hydrogens (tertiary/aromatic N) is 2. The van der Waals surface area contributed by atoms with Crippen molar-refractivity contribution >= 4 is 17.6 Å². The zero-order valence-corrected chi connectivity index (χ0v) is 15.3. The van der Waals surface area contributed by atoms with Crippen LogP contribution in [0.15, 0.2) is 60.9 Å². The van der Waals surface area contributed by atoms with Crippen LogP contribution in [0, 0.1) is 13.8 Å². The summed E-state index contributed by atoms with van der Waals surface area (Å²) in [6, 6.07) is 15.4. The highest BCUT2D eigenvalue weighted by Crippen LogP contribution is 2.19. The Morgan fingerprint density at radius 1 is 1.04 bits per heavy atom. The summed E-state index contributed by atoms with van der Waals surface area (Å²) in [5.41, 5.74) is 4.30. The Bertz CT molecular complexity index is 928. The summed E-state index contributed by atoms with van der Waals surface area (Å²) in [6.07, 6.45) is 3.45. The van der Waals surface area contributed by atoms with Gasteiger partial charge in [0.1, 0.15) is 0 Å². The number of rotatable bonds is 6. The van der Waals surface area contributed by atoms with Gasteiger partial charge < -0.3 is 10.1 Å². The van der Waals surface area contributed by atoms with Crippen molar-refractivity contribution in [1.29, 1.82) is 0 Å². The van der Waals surface area contributed by atoms with Crippen molar-refractivity contribution in [3.05, 3.63) is 77.6 Å². The Hall–Kier alpha value is -3.41. The molecule has 0 bridgehead atoms. The van der Waals surface area contributed by atoms with E-state index >= 15 is 0 Å². The van der Waals surface area contributed by atoms with Gasteiger partial charge in [0.05, 0.1) is 18.3 Å². The number of carbonyl (C=O) groups is 2. The highest BCUT2D eigenvalue weighted by Gasteiger charge is 2.12. The number of amides is 1. The van der Waals surface area contributed by atoms with Crippen LogP contribution < -0.4 is 5.32 Å². The number of ether oxygens (including phenoxy) is 1. The number of hydrogen-bond acceptors (Lipinski definition) is 4. The lowest BCUT2D eigenvalue weighted by Gasteiger charge is -2.11. The number of aromatic nitrogens is 2. The highest BCUT2D eigenvalue weighted by molar-refractivity contribution is 5.94. The molecule has 0 fully saturated rings. The fourth-order valence-electron chi connectivity index (χ4n) is 2.72. The molecule has 3 aromatic rings. The van der Waals surface area contributed by atoms with Crippen molar-refractivity contribution in [1.82, 2.24) is 9.78 Å². The number of benzene rings is 2. The molecule has 0 atom stereocenters. The minimum Gasteiger partial charge on any atom is -0.455 e. The summed E-state index contributed by atoms with van der Waals surface area (Å²) < 4.78 is 6.78. The van der Waals surface area contributed by atoms with E-state index in [9.17, 15) is 9.59 Å². The molecule has 0 saturated heterocycles. The largest absolute Gasteiger partial charge is 0.455 e. The van der Waals surface area contributed by atoms with Crippen LogP contribution in [0.25, 0.3) is 5.69 Å². The van der Waals surface area contributed by atoms with Crippen molar-refractivity contribution in [3.63, 3.8) is 0 Å². The predicted molar refractivity (Wildman–Crippen MR) is 103 cm³/mol. The highest BCUT2D eigenvalue weighted by atomic mass is 16.5. The zero-order valence-electron chi connectivity index (χ0n) is 15.3. The number of aryl methyl sites for hydroxylation is 2. The molecule has 0 unspecified atom stereocenters. The molecule has 3 rings (SSSR count). The van der Waals surface area contributed by atoms with E-state index in [1.54, 1.807) is 17.1 Å². The van der Waals surface area contributed by atoms with Gasteiger partial charge in [0.2, 0.25) is 0 Å². The molecule has 1 aromatic heterocycles. The Morgan fingerprint density at radius 2 is 1.74 bits per heavy atom. The van der Waals surface area contributed by atoms with E-state index < -0.39 is 5.97 Å². The van der Waals surface area contributed by atoms with Crippen LogP contribution in [0.2, 0.25) is 0 Å². The average Bonchev–Trinajstić information content (AvgIpc) is 3.12. The molecule has 27 heavy (non-hydrogen) atoms. The number of hydrogen-bond donors (Lipinski definition) is 1. The molecule has 1 amide bonds. The Balaban J connectivity index is 1.51. The third-order valence-electron chi connectivity index (χ3n) is 4.12. The monoisotopic (exact) mass is 363 g/mol. The molecule has 1 heterocycles. The van der Waals surface area contributed by atoms with Crippen molar-refractivity contribution in [2.24, 2.45) is 0 Å². The fraction of sp³-hybridized carbons (Fsp3) is 0.190. The van der Waals surface area contributed by atoms with Gasteiger partial charge in [0.15, 0.2) is 6.61 Å². The summed E-state index contributed by atoms with van der Waals surface area (Å²) in [4.78, 5) is 24.1. The second-order valence-corrected chi connectivity index (χ2v) is 6.28. The SMILES string of the molecule is Cc1cccc(C)c1NC(=O)COC(=O)Cc1cnn(-c2ccccc2)c1. The van der Waals surface area contributed by atoms with E-state index in [1.807, 2.05) is 62.4 Å². The van der Waals surface area contributed by atoms with Gasteiger partial charge >= 0.3 is 5.97 Å². The third kappa shape index (κ3) is 4.82. The van der Waals surface area contributed by atoms with Crippen LogP contribution in [0.1, 0.15) is 16.7 Å². The number of anilines is 1. The molecular weight excluding hydrogens is 342 g/mol. The zero-order chi connectivity index (χ0) is 19.2. The maximum atomic E-state index is 12.1. The number of nitrogens with one attached hydrogen (secondary N) is 1. The van der Waals surface area contributed by atoms with Gasteiger partial charge in [0, 0.05) is 17.4 Å². The molecule has 2 aromatic carbocycles. The van der Waals surface area contributed by atoms with Crippen LogP contribution >= 0.6 is 0 Å². The maximum absolute atomic E-state index is 12.1. The van der Waals surface area contributed by atoms with Crippen molar-refractivity contribution in [2.45, 2.75) is 20.3 Å². The van der Waals surface area contributed by atoms with Crippen LogP contribution in [-0.4, -0.2) is 28.3 Å². The first-order valence-corrected chi connectivity index (χ1v) is 8.63. The molecule has 0 aliphatic carbocycles. The van der Waals surface area contributed by atoms with Crippen molar-refractivity contribution in [2.75, 3.05) is 11.9 Å². The standard InChI is InChI=1S/C21H21N3O3/c1-15-7-6-8-16(2)21(15)23-19(25)14-27-20(26)11-17-12-22-24(13-17)18-9-4-3-5-10-18/h3-10,12-13H,11,14H2,1-2H3,(H,23,25). The Morgan fingerprint density at radius 3 is 2.44 bits per heavy atom. The molecule has 0 aliphatic rings. The average molecular weight is 363 g/mol. The summed E-state index contributed by atoms with van der Waals surface area (Å²) in [6.45, 7) is 3.51. The van der Waals surface area contributed by atoms with E-state index in [0.717, 1.165) is 28.1 Å². The summed E-state index contributed by atoms with van der Waals surface area (Å²) in [7, 11) is 0. The maximum Gasteiger partial charge on any atom is 0.310 e. The van der Waals surface area contributed by atoms with E-state index in [2.05, 4.69) is 10.4 Å².